The molecule has 6 aromatic carbocycles. The Bertz CT molecular complexity index is 2250. The minimum atomic E-state index is -0.285. The van der Waals surface area contributed by atoms with Gasteiger partial charge in [-0.05, 0) is 80.0 Å². The Balaban J connectivity index is 1.27. The van der Waals surface area contributed by atoms with Gasteiger partial charge in [-0.15, -0.1) is 0 Å². The number of hydrogen-bond donors (Lipinski definition) is 0. The van der Waals surface area contributed by atoms with Crippen molar-refractivity contribution in [1.29, 1.82) is 0 Å². The molecule has 2 aliphatic rings. The molecule has 0 amide bonds. The van der Waals surface area contributed by atoms with Gasteiger partial charge in [-0.3, -0.25) is 9.80 Å². The Hall–Kier alpha value is -5.56. The molecule has 0 bridgehead atoms. The normalized spacial score (nSPS) is 18.9. The summed E-state index contributed by atoms with van der Waals surface area (Å²) >= 11 is 0. The number of nitrogens with zero attached hydrogens (tertiary/aromatic N) is 4. The quantitative estimate of drug-likeness (QED) is 0.141. The van der Waals surface area contributed by atoms with Gasteiger partial charge in [0.1, 0.15) is 17.8 Å². The zero-order valence-electron chi connectivity index (χ0n) is 31.0. The van der Waals surface area contributed by atoms with E-state index in [-0.39, 0.29) is 24.3 Å². The molecular weight excluding hydrogens is 665 g/mol. The number of fused-ring (bicyclic) bond motifs is 2. The van der Waals surface area contributed by atoms with Crippen LogP contribution in [0.25, 0.3) is 44.1 Å². The number of likely N-dealkylation sites (N-methyl/N-ethyl adjacent to an activating group) is 2. The van der Waals surface area contributed by atoms with Crippen molar-refractivity contribution in [2.45, 2.75) is 50.0 Å². The highest BCUT2D eigenvalue weighted by Gasteiger charge is 2.37. The molecule has 9 rings (SSSR count). The summed E-state index contributed by atoms with van der Waals surface area (Å²) < 4.78 is 14.9. The molecule has 0 saturated carbocycles. The first-order valence-corrected chi connectivity index (χ1v) is 19.3. The van der Waals surface area contributed by atoms with Crippen molar-refractivity contribution in [3.8, 4) is 34.3 Å². The van der Waals surface area contributed by atoms with E-state index in [9.17, 15) is 0 Å². The van der Waals surface area contributed by atoms with Crippen LogP contribution in [0, 0.1) is 0 Å². The Morgan fingerprint density at radius 2 is 0.926 bits per heavy atom. The molecular formula is C48H46N4O2. The lowest BCUT2D eigenvalue weighted by atomic mass is 9.94. The molecule has 0 unspecified atom stereocenters. The van der Waals surface area contributed by atoms with Gasteiger partial charge in [0.25, 0.3) is 0 Å². The van der Waals surface area contributed by atoms with Crippen LogP contribution in [0.3, 0.4) is 0 Å². The Morgan fingerprint density at radius 1 is 0.500 bits per heavy atom. The highest BCUT2D eigenvalue weighted by Crippen LogP contribution is 2.45. The third-order valence-electron chi connectivity index (χ3n) is 11.5. The van der Waals surface area contributed by atoms with Crippen LogP contribution >= 0.6 is 0 Å². The van der Waals surface area contributed by atoms with Crippen LogP contribution in [0.1, 0.15) is 49.0 Å². The molecule has 270 valence electrons. The van der Waals surface area contributed by atoms with Gasteiger partial charge < -0.3 is 9.47 Å². The van der Waals surface area contributed by atoms with E-state index in [0.717, 1.165) is 66.6 Å². The van der Waals surface area contributed by atoms with Gasteiger partial charge in [0, 0.05) is 16.7 Å². The van der Waals surface area contributed by atoms with Crippen LogP contribution in [-0.2, 0) is 0 Å². The van der Waals surface area contributed by atoms with Gasteiger partial charge in [0.15, 0.2) is 5.82 Å². The smallest absolute Gasteiger partial charge is 0.229 e. The lowest BCUT2D eigenvalue weighted by molar-refractivity contribution is 0.0966. The highest BCUT2D eigenvalue weighted by atomic mass is 16.5. The predicted octanol–water partition coefficient (Wildman–Crippen LogP) is 10.5. The van der Waals surface area contributed by atoms with Crippen molar-refractivity contribution < 1.29 is 9.47 Å². The molecule has 0 N–H and O–H groups in total. The summed E-state index contributed by atoms with van der Waals surface area (Å²) in [5.41, 5.74) is 4.96. The van der Waals surface area contributed by atoms with Crippen LogP contribution < -0.4 is 9.47 Å². The lowest BCUT2D eigenvalue weighted by Crippen LogP contribution is -2.35. The summed E-state index contributed by atoms with van der Waals surface area (Å²) in [6.07, 6.45) is 3.72. The second-order valence-electron chi connectivity index (χ2n) is 14.9. The maximum absolute atomic E-state index is 7.47. The fourth-order valence-corrected chi connectivity index (χ4v) is 8.73. The standard InChI is InChI=1S/C48H46N4O2/c1-51-31-15-29-41(51)44(39-27-13-23-33-17-9-11-25-37(33)39)53-47-43(35-19-5-3-6-20-35)48(50-46(49-47)36-21-7-4-8-22-36)54-45(42-30-16-32-52(42)2)40-28-14-24-34-18-10-12-26-38(34)40/h3-14,17-28,41-42,44-45H,15-16,29-32H2,1-2H3/t41-,42-,44-,45-/m0/s1. The summed E-state index contributed by atoms with van der Waals surface area (Å²) in [7, 11) is 4.43. The van der Waals surface area contributed by atoms with Gasteiger partial charge in [0.05, 0.1) is 12.1 Å². The molecule has 2 saturated heterocycles. The number of aromatic nitrogens is 2. The Kier molecular flexibility index (Phi) is 9.54. The monoisotopic (exact) mass is 710 g/mol. The Morgan fingerprint density at radius 3 is 1.39 bits per heavy atom. The van der Waals surface area contributed by atoms with Crippen LogP contribution in [0.2, 0.25) is 0 Å². The summed E-state index contributed by atoms with van der Waals surface area (Å²) in [6, 6.07) is 51.3. The van der Waals surface area contributed by atoms with Crippen molar-refractivity contribution in [2.75, 3.05) is 27.2 Å². The average molecular weight is 711 g/mol. The van der Waals surface area contributed by atoms with E-state index in [1.54, 1.807) is 0 Å². The first kappa shape index (κ1) is 34.2. The molecule has 0 aliphatic carbocycles. The topological polar surface area (TPSA) is 50.7 Å². The number of hydrogen-bond acceptors (Lipinski definition) is 6. The fraction of sp³-hybridized carbons (Fsp3) is 0.250. The maximum atomic E-state index is 7.47. The van der Waals surface area contributed by atoms with E-state index in [2.05, 4.69) is 145 Å². The lowest BCUT2D eigenvalue weighted by Gasteiger charge is -2.33. The number of ether oxygens (including phenoxy) is 2. The van der Waals surface area contributed by atoms with E-state index < -0.39 is 0 Å². The molecule has 6 heteroatoms. The van der Waals surface area contributed by atoms with Crippen molar-refractivity contribution in [2.24, 2.45) is 0 Å². The van der Waals surface area contributed by atoms with E-state index >= 15 is 0 Å². The minimum absolute atomic E-state index is 0.162. The summed E-state index contributed by atoms with van der Waals surface area (Å²) in [5, 5.41) is 4.78. The summed E-state index contributed by atoms with van der Waals surface area (Å²) in [4.78, 5) is 15.5. The zero-order valence-corrected chi connectivity index (χ0v) is 31.0. The van der Waals surface area contributed by atoms with Gasteiger partial charge in [-0.2, -0.15) is 9.97 Å². The van der Waals surface area contributed by atoms with Gasteiger partial charge in [-0.1, -0.05) is 146 Å². The highest BCUT2D eigenvalue weighted by molar-refractivity contribution is 5.87. The Labute approximate surface area is 318 Å². The average Bonchev–Trinajstić information content (AvgIpc) is 3.86. The predicted molar refractivity (Wildman–Crippen MR) is 219 cm³/mol. The molecule has 2 aliphatic heterocycles. The molecule has 3 heterocycles. The number of likely N-dealkylation sites (tertiary alicyclic amines) is 2. The third-order valence-corrected chi connectivity index (χ3v) is 11.5. The SMILES string of the molecule is CN1CCC[C@H]1[C@@H](Oc1nc(-c2ccccc2)nc(O[C@@H](c2cccc3ccccc23)[C@@H]2CCCN2C)c1-c1ccccc1)c1cccc2ccccc12. The van der Waals surface area contributed by atoms with Crippen LogP contribution in [-0.4, -0.2) is 59.0 Å². The van der Waals surface area contributed by atoms with E-state index in [0.29, 0.717) is 17.6 Å². The van der Waals surface area contributed by atoms with Crippen molar-refractivity contribution >= 4 is 21.5 Å². The van der Waals surface area contributed by atoms with Crippen LogP contribution in [0.5, 0.6) is 11.8 Å². The molecule has 2 fully saturated rings. The maximum Gasteiger partial charge on any atom is 0.229 e. The third kappa shape index (κ3) is 6.61. The second kappa shape index (κ2) is 15.1. The summed E-state index contributed by atoms with van der Waals surface area (Å²) in [6.45, 7) is 2.05. The first-order chi connectivity index (χ1) is 26.6. The minimum Gasteiger partial charge on any atom is -0.467 e. The van der Waals surface area contributed by atoms with Gasteiger partial charge in [0.2, 0.25) is 11.8 Å². The van der Waals surface area contributed by atoms with Gasteiger partial charge >= 0.3 is 0 Å². The molecule has 4 atom stereocenters. The van der Waals surface area contributed by atoms with E-state index in [4.69, 9.17) is 19.4 Å². The van der Waals surface area contributed by atoms with Crippen LogP contribution in [0.4, 0.5) is 0 Å². The molecule has 6 nitrogen and oxygen atoms in total. The molecule has 1 aromatic heterocycles. The number of benzene rings is 6. The molecule has 54 heavy (non-hydrogen) atoms. The first-order valence-electron chi connectivity index (χ1n) is 19.3. The van der Waals surface area contributed by atoms with Crippen molar-refractivity contribution in [3.05, 3.63) is 157 Å². The van der Waals surface area contributed by atoms with Gasteiger partial charge in [-0.25, -0.2) is 0 Å². The van der Waals surface area contributed by atoms with Crippen molar-refractivity contribution in [3.63, 3.8) is 0 Å². The van der Waals surface area contributed by atoms with E-state index in [1.165, 1.54) is 21.5 Å². The second-order valence-corrected chi connectivity index (χ2v) is 14.9. The van der Waals surface area contributed by atoms with Crippen molar-refractivity contribution in [1.82, 2.24) is 19.8 Å². The van der Waals surface area contributed by atoms with Crippen LogP contribution in [0.15, 0.2) is 146 Å². The summed E-state index contributed by atoms with van der Waals surface area (Å²) in [5.74, 6) is 1.63. The number of rotatable bonds is 10. The largest absolute Gasteiger partial charge is 0.467 e. The zero-order chi connectivity index (χ0) is 36.4. The van der Waals surface area contributed by atoms with E-state index in [1.807, 2.05) is 24.3 Å². The molecule has 7 aromatic rings. The molecule has 0 radical (unpaired) electrons. The molecule has 0 spiro atoms. The fourth-order valence-electron chi connectivity index (χ4n) is 8.73.